The number of morpholine rings is 1. The first-order valence-corrected chi connectivity index (χ1v) is 12.8. The summed E-state index contributed by atoms with van der Waals surface area (Å²) in [4.78, 5) is 27.2. The Morgan fingerprint density at radius 1 is 1.31 bits per heavy atom. The van der Waals surface area contributed by atoms with Gasteiger partial charge in [-0.25, -0.2) is 9.97 Å². The smallest absolute Gasteiger partial charge is 0.223 e. The number of pyridine rings is 1. The molecule has 0 unspecified atom stereocenters. The number of nitrogens with one attached hydrogen (secondary N) is 1. The summed E-state index contributed by atoms with van der Waals surface area (Å²) in [6.07, 6.45) is 5.32. The molecule has 0 spiro atoms. The molecule has 2 aromatic heterocycles. The molecule has 2 aliphatic heterocycles. The van der Waals surface area contributed by atoms with Crippen LogP contribution in [0.5, 0.6) is 0 Å². The molecule has 1 N–H and O–H groups in total. The fourth-order valence-corrected chi connectivity index (χ4v) is 5.28. The molecule has 32 heavy (non-hydrogen) atoms. The van der Waals surface area contributed by atoms with E-state index < -0.39 is 0 Å². The van der Waals surface area contributed by atoms with E-state index in [4.69, 9.17) is 21.3 Å². The predicted molar refractivity (Wildman–Crippen MR) is 129 cm³/mol. The number of rotatable bonds is 8. The fraction of sp³-hybridized carbons (Fsp3) is 0.609. The summed E-state index contributed by atoms with van der Waals surface area (Å²) in [7, 11) is 0. The molecule has 1 atom stereocenters. The van der Waals surface area contributed by atoms with Gasteiger partial charge in [0.2, 0.25) is 5.91 Å². The number of piperidine rings is 1. The molecular weight excluding hydrogens is 446 g/mol. The Kier molecular flexibility index (Phi) is 8.35. The van der Waals surface area contributed by atoms with Crippen LogP contribution in [0, 0.1) is 12.8 Å². The summed E-state index contributed by atoms with van der Waals surface area (Å²) in [5.74, 6) is 1.81. The van der Waals surface area contributed by atoms with E-state index in [1.807, 2.05) is 11.1 Å². The van der Waals surface area contributed by atoms with E-state index in [-0.39, 0.29) is 5.91 Å². The van der Waals surface area contributed by atoms with E-state index in [0.717, 1.165) is 81.8 Å². The van der Waals surface area contributed by atoms with Crippen molar-refractivity contribution in [3.05, 3.63) is 34.5 Å². The molecule has 4 rings (SSSR count). The largest absolute Gasteiger partial charge is 0.379 e. The van der Waals surface area contributed by atoms with Gasteiger partial charge in [0.15, 0.2) is 5.13 Å². The van der Waals surface area contributed by atoms with Gasteiger partial charge in [-0.05, 0) is 49.8 Å². The second-order valence-electron chi connectivity index (χ2n) is 8.63. The lowest BCUT2D eigenvalue weighted by molar-refractivity contribution is -0.132. The highest BCUT2D eigenvalue weighted by atomic mass is 35.5. The molecule has 2 aromatic rings. The Bertz CT molecular complexity index is 902. The topological polar surface area (TPSA) is 70.6 Å². The molecule has 2 saturated heterocycles. The molecule has 2 fully saturated rings. The van der Waals surface area contributed by atoms with E-state index in [9.17, 15) is 4.79 Å². The molecule has 0 radical (unpaired) electrons. The number of aryl methyl sites for hydroxylation is 1. The number of alkyl halides is 1. The number of likely N-dealkylation sites (tertiary alicyclic amines) is 1. The minimum Gasteiger partial charge on any atom is -0.379 e. The highest BCUT2D eigenvalue weighted by Crippen LogP contribution is 2.25. The van der Waals surface area contributed by atoms with Gasteiger partial charge in [-0.1, -0.05) is 0 Å². The normalized spacial score (nSPS) is 19.8. The Balaban J connectivity index is 1.49. The van der Waals surface area contributed by atoms with E-state index in [0.29, 0.717) is 18.2 Å². The Hall–Kier alpha value is -1.74. The third-order valence-corrected chi connectivity index (χ3v) is 7.00. The summed E-state index contributed by atoms with van der Waals surface area (Å²) >= 11 is 7.41. The summed E-state index contributed by atoms with van der Waals surface area (Å²) in [6.45, 7) is 8.04. The van der Waals surface area contributed by atoms with Crippen LogP contribution in [0.25, 0.3) is 0 Å². The molecule has 0 aromatic carbocycles. The number of hydrogen-bond acceptors (Lipinski definition) is 7. The Labute approximate surface area is 199 Å². The number of nitrogens with zero attached hydrogens (tertiary/aromatic N) is 4. The van der Waals surface area contributed by atoms with Gasteiger partial charge in [0.25, 0.3) is 0 Å². The van der Waals surface area contributed by atoms with Gasteiger partial charge in [0.1, 0.15) is 5.82 Å². The first-order valence-electron chi connectivity index (χ1n) is 11.4. The minimum atomic E-state index is 0.167. The molecule has 1 amide bonds. The van der Waals surface area contributed by atoms with E-state index in [1.54, 1.807) is 11.3 Å². The van der Waals surface area contributed by atoms with Crippen molar-refractivity contribution >= 4 is 39.8 Å². The SMILES string of the molecule is Cc1cnc(Nc2cc(CN3CCOCC3)cc(C[C@H]3CCCN(C(=O)CCCl)C3)n2)s1. The van der Waals surface area contributed by atoms with Gasteiger partial charge in [-0.3, -0.25) is 9.69 Å². The van der Waals surface area contributed by atoms with Crippen molar-refractivity contribution in [3.8, 4) is 0 Å². The number of hydrogen-bond donors (Lipinski definition) is 1. The van der Waals surface area contributed by atoms with Crippen LogP contribution < -0.4 is 5.32 Å². The van der Waals surface area contributed by atoms with Crippen LogP contribution in [0.4, 0.5) is 10.9 Å². The zero-order valence-electron chi connectivity index (χ0n) is 18.7. The third kappa shape index (κ3) is 6.63. The average Bonchev–Trinajstić information content (AvgIpc) is 3.19. The molecule has 0 bridgehead atoms. The number of aromatic nitrogens is 2. The molecule has 9 heteroatoms. The zero-order valence-corrected chi connectivity index (χ0v) is 20.3. The monoisotopic (exact) mass is 477 g/mol. The van der Waals surface area contributed by atoms with Gasteiger partial charge in [0, 0.05) is 61.8 Å². The van der Waals surface area contributed by atoms with Gasteiger partial charge < -0.3 is 15.0 Å². The number of thiazole rings is 1. The first kappa shape index (κ1) is 23.4. The number of carbonyl (C=O) groups excluding carboxylic acids is 1. The van der Waals surface area contributed by atoms with Crippen molar-refractivity contribution in [2.24, 2.45) is 5.92 Å². The second kappa shape index (κ2) is 11.4. The van der Waals surface area contributed by atoms with Crippen molar-refractivity contribution in [2.75, 3.05) is 50.6 Å². The third-order valence-electron chi connectivity index (χ3n) is 5.98. The molecule has 7 nitrogen and oxygen atoms in total. The molecule has 2 aliphatic rings. The van der Waals surface area contributed by atoms with Gasteiger partial charge >= 0.3 is 0 Å². The first-order chi connectivity index (χ1) is 15.6. The van der Waals surface area contributed by atoms with Crippen LogP contribution in [-0.4, -0.2) is 70.9 Å². The zero-order chi connectivity index (χ0) is 22.3. The maximum atomic E-state index is 12.3. The predicted octanol–water partition coefficient (Wildman–Crippen LogP) is 3.83. The fourth-order valence-electron chi connectivity index (χ4n) is 4.44. The van der Waals surface area contributed by atoms with E-state index in [1.165, 1.54) is 10.4 Å². The Morgan fingerprint density at radius 2 is 2.16 bits per heavy atom. The van der Waals surface area contributed by atoms with Gasteiger partial charge in [-0.15, -0.1) is 22.9 Å². The summed E-state index contributed by atoms with van der Waals surface area (Å²) in [5.41, 5.74) is 2.32. The standard InChI is InChI=1S/C23H32ClN5O2S/c1-17-14-25-23(32-17)27-21-13-19(15-28-7-9-31-10-8-28)12-20(26-21)11-18-3-2-6-29(16-18)22(30)4-5-24/h12-14,18H,2-11,15-16H2,1H3,(H,25,26,27)/t18-/m1/s1. The Morgan fingerprint density at radius 3 is 2.91 bits per heavy atom. The molecule has 4 heterocycles. The maximum absolute atomic E-state index is 12.3. The van der Waals surface area contributed by atoms with E-state index in [2.05, 4.69) is 34.3 Å². The minimum absolute atomic E-state index is 0.167. The number of halogens is 1. The van der Waals surface area contributed by atoms with Crippen LogP contribution in [0.2, 0.25) is 0 Å². The van der Waals surface area contributed by atoms with Crippen LogP contribution in [-0.2, 0) is 22.5 Å². The number of anilines is 2. The molecule has 0 saturated carbocycles. The van der Waals surface area contributed by atoms with Gasteiger partial charge in [-0.2, -0.15) is 0 Å². The van der Waals surface area contributed by atoms with Gasteiger partial charge in [0.05, 0.1) is 13.2 Å². The van der Waals surface area contributed by atoms with Crippen LogP contribution in [0.15, 0.2) is 18.3 Å². The molecule has 174 valence electrons. The second-order valence-corrected chi connectivity index (χ2v) is 10.2. The van der Waals surface area contributed by atoms with Crippen molar-refractivity contribution in [3.63, 3.8) is 0 Å². The number of amides is 1. The highest BCUT2D eigenvalue weighted by molar-refractivity contribution is 7.15. The van der Waals surface area contributed by atoms with E-state index >= 15 is 0 Å². The van der Waals surface area contributed by atoms with Crippen molar-refractivity contribution in [1.29, 1.82) is 0 Å². The lowest BCUT2D eigenvalue weighted by Gasteiger charge is -2.33. The number of ether oxygens (including phenoxy) is 1. The van der Waals surface area contributed by atoms with Crippen molar-refractivity contribution in [2.45, 2.75) is 39.2 Å². The lowest BCUT2D eigenvalue weighted by Crippen LogP contribution is -2.40. The number of carbonyl (C=O) groups is 1. The van der Waals surface area contributed by atoms with Crippen LogP contribution >= 0.6 is 22.9 Å². The quantitative estimate of drug-likeness (QED) is 0.582. The van der Waals surface area contributed by atoms with Crippen LogP contribution in [0.3, 0.4) is 0 Å². The summed E-state index contributed by atoms with van der Waals surface area (Å²) < 4.78 is 5.50. The van der Waals surface area contributed by atoms with Crippen molar-refractivity contribution < 1.29 is 9.53 Å². The summed E-state index contributed by atoms with van der Waals surface area (Å²) in [6, 6.07) is 4.36. The van der Waals surface area contributed by atoms with Crippen molar-refractivity contribution in [1.82, 2.24) is 19.8 Å². The highest BCUT2D eigenvalue weighted by Gasteiger charge is 2.24. The molecule has 0 aliphatic carbocycles. The lowest BCUT2D eigenvalue weighted by atomic mass is 9.92. The van der Waals surface area contributed by atoms with Crippen LogP contribution in [0.1, 0.15) is 35.4 Å². The maximum Gasteiger partial charge on any atom is 0.223 e. The molecular formula is C23H32ClN5O2S. The average molecular weight is 478 g/mol. The summed E-state index contributed by atoms with van der Waals surface area (Å²) in [5, 5.41) is 4.26.